The summed E-state index contributed by atoms with van der Waals surface area (Å²) in [4.78, 5) is 37.9. The van der Waals surface area contributed by atoms with Crippen LogP contribution in [0.5, 0.6) is 0 Å². The fraction of sp³-hybridized carbons (Fsp3) is 0.308. The van der Waals surface area contributed by atoms with E-state index in [1.807, 2.05) is 43.9 Å². The molecule has 1 fully saturated rings. The molecule has 4 rings (SSSR count). The number of anilines is 2. The smallest absolute Gasteiger partial charge is 0.254 e. The van der Waals surface area contributed by atoms with Gasteiger partial charge in [-0.1, -0.05) is 35.5 Å². The van der Waals surface area contributed by atoms with Gasteiger partial charge in [0.05, 0.1) is 5.75 Å². The molecule has 3 aromatic rings. The van der Waals surface area contributed by atoms with Gasteiger partial charge in [0.1, 0.15) is 16.8 Å². The lowest BCUT2D eigenvalue weighted by Gasteiger charge is -2.40. The van der Waals surface area contributed by atoms with Crippen LogP contribution in [0.25, 0.3) is 0 Å². The van der Waals surface area contributed by atoms with Gasteiger partial charge < -0.3 is 15.1 Å². The fourth-order valence-electron chi connectivity index (χ4n) is 4.01. The molecule has 10 heteroatoms. The second-order valence-electron chi connectivity index (χ2n) is 8.77. The molecule has 1 saturated heterocycles. The molecule has 7 nitrogen and oxygen atoms in total. The SMILES string of the molecule is Cc1ccc(NC(=O)CSc2nc(Cl)cc(N3CCN(C(=O)c4cccc(F)c4)C(C)C3)n2)cc1C. The van der Waals surface area contributed by atoms with E-state index >= 15 is 0 Å². The lowest BCUT2D eigenvalue weighted by molar-refractivity contribution is -0.113. The monoisotopic (exact) mass is 527 g/mol. The van der Waals surface area contributed by atoms with Crippen molar-refractivity contribution in [2.24, 2.45) is 0 Å². The summed E-state index contributed by atoms with van der Waals surface area (Å²) in [5, 5.41) is 3.57. The molecular weight excluding hydrogens is 501 g/mol. The molecule has 1 aromatic heterocycles. The van der Waals surface area contributed by atoms with Gasteiger partial charge in [-0.15, -0.1) is 0 Å². The summed E-state index contributed by atoms with van der Waals surface area (Å²) < 4.78 is 13.6. The first kappa shape index (κ1) is 25.9. The molecule has 1 unspecified atom stereocenters. The average Bonchev–Trinajstić information content (AvgIpc) is 2.84. The van der Waals surface area contributed by atoms with Gasteiger partial charge in [-0.3, -0.25) is 9.59 Å². The van der Waals surface area contributed by atoms with Gasteiger partial charge in [0.25, 0.3) is 5.91 Å². The summed E-state index contributed by atoms with van der Waals surface area (Å²) >= 11 is 7.47. The quantitative estimate of drug-likeness (QED) is 0.277. The number of aryl methyl sites for hydroxylation is 2. The molecule has 2 heterocycles. The highest BCUT2D eigenvalue weighted by Crippen LogP contribution is 2.25. The number of hydrogen-bond donors (Lipinski definition) is 1. The highest BCUT2D eigenvalue weighted by Gasteiger charge is 2.29. The van der Waals surface area contributed by atoms with Crippen LogP contribution in [0.4, 0.5) is 15.9 Å². The van der Waals surface area contributed by atoms with E-state index in [-0.39, 0.29) is 28.8 Å². The van der Waals surface area contributed by atoms with E-state index in [9.17, 15) is 14.0 Å². The van der Waals surface area contributed by atoms with Crippen molar-refractivity contribution >= 4 is 46.7 Å². The van der Waals surface area contributed by atoms with Gasteiger partial charge in [0.2, 0.25) is 5.91 Å². The van der Waals surface area contributed by atoms with E-state index in [2.05, 4.69) is 15.3 Å². The Balaban J connectivity index is 1.37. The third-order valence-corrected chi connectivity index (χ3v) is 7.11. The Bertz CT molecular complexity index is 1290. The topological polar surface area (TPSA) is 78.4 Å². The molecule has 0 saturated carbocycles. The Morgan fingerprint density at radius 1 is 1.11 bits per heavy atom. The number of nitrogens with zero attached hydrogens (tertiary/aromatic N) is 4. The number of amides is 2. The standard InChI is InChI=1S/C26H27ClFN5O2S/c1-16-7-8-21(11-17(16)2)29-24(34)15-36-26-30-22(27)13-23(31-26)32-9-10-33(18(3)14-32)25(35)19-5-4-6-20(28)12-19/h4-8,11-13,18H,9-10,14-15H2,1-3H3,(H,29,34). The average molecular weight is 528 g/mol. The molecular formula is C26H27ClFN5O2S. The molecule has 1 atom stereocenters. The van der Waals surface area contributed by atoms with E-state index < -0.39 is 5.82 Å². The molecule has 0 radical (unpaired) electrons. The van der Waals surface area contributed by atoms with Gasteiger partial charge in [-0.25, -0.2) is 14.4 Å². The third kappa shape index (κ3) is 6.33. The largest absolute Gasteiger partial charge is 0.353 e. The maximum atomic E-state index is 13.6. The predicted octanol–water partition coefficient (Wildman–Crippen LogP) is 4.97. The van der Waals surface area contributed by atoms with E-state index in [1.54, 1.807) is 17.0 Å². The third-order valence-electron chi connectivity index (χ3n) is 6.07. The van der Waals surface area contributed by atoms with Crippen molar-refractivity contribution in [3.63, 3.8) is 0 Å². The lowest BCUT2D eigenvalue weighted by atomic mass is 10.1. The van der Waals surface area contributed by atoms with Crippen molar-refractivity contribution < 1.29 is 14.0 Å². The zero-order valence-electron chi connectivity index (χ0n) is 20.3. The molecule has 1 aliphatic heterocycles. The zero-order chi connectivity index (χ0) is 25.8. The molecule has 36 heavy (non-hydrogen) atoms. The number of carbonyl (C=O) groups excluding carboxylic acids is 2. The first-order valence-corrected chi connectivity index (χ1v) is 12.9. The molecule has 2 aromatic carbocycles. The molecule has 188 valence electrons. The predicted molar refractivity (Wildman–Crippen MR) is 141 cm³/mol. The highest BCUT2D eigenvalue weighted by atomic mass is 35.5. The van der Waals surface area contributed by atoms with Crippen molar-refractivity contribution in [3.8, 4) is 0 Å². The maximum absolute atomic E-state index is 13.6. The summed E-state index contributed by atoms with van der Waals surface area (Å²) in [5.74, 6) is -0.0222. The number of aromatic nitrogens is 2. The van der Waals surface area contributed by atoms with Crippen LogP contribution >= 0.6 is 23.4 Å². The number of halogens is 2. The Labute approximate surface area is 219 Å². The number of carbonyl (C=O) groups is 2. The Morgan fingerprint density at radius 3 is 2.64 bits per heavy atom. The number of hydrogen-bond acceptors (Lipinski definition) is 6. The highest BCUT2D eigenvalue weighted by molar-refractivity contribution is 7.99. The van der Waals surface area contributed by atoms with Crippen molar-refractivity contribution in [1.82, 2.24) is 14.9 Å². The molecule has 0 aliphatic carbocycles. The number of thioether (sulfide) groups is 1. The van der Waals surface area contributed by atoms with Crippen LogP contribution < -0.4 is 10.2 Å². The Morgan fingerprint density at radius 2 is 1.92 bits per heavy atom. The molecule has 0 spiro atoms. The zero-order valence-corrected chi connectivity index (χ0v) is 21.9. The number of piperazine rings is 1. The van der Waals surface area contributed by atoms with E-state index in [0.29, 0.717) is 36.2 Å². The van der Waals surface area contributed by atoms with E-state index in [1.165, 1.54) is 30.0 Å². The number of benzene rings is 2. The van der Waals surface area contributed by atoms with Crippen molar-refractivity contribution in [2.45, 2.75) is 32.0 Å². The number of nitrogens with one attached hydrogen (secondary N) is 1. The van der Waals surface area contributed by atoms with Crippen LogP contribution in [0.2, 0.25) is 5.15 Å². The lowest BCUT2D eigenvalue weighted by Crippen LogP contribution is -2.54. The second-order valence-corrected chi connectivity index (χ2v) is 10.1. The summed E-state index contributed by atoms with van der Waals surface area (Å²) in [5.41, 5.74) is 3.35. The first-order chi connectivity index (χ1) is 17.2. The summed E-state index contributed by atoms with van der Waals surface area (Å²) in [6.45, 7) is 7.49. The minimum Gasteiger partial charge on any atom is -0.353 e. The minimum absolute atomic E-state index is 0.122. The van der Waals surface area contributed by atoms with Crippen LogP contribution in [-0.4, -0.2) is 58.1 Å². The van der Waals surface area contributed by atoms with Crippen LogP contribution in [0.15, 0.2) is 53.7 Å². The normalized spacial score (nSPS) is 15.6. The van der Waals surface area contributed by atoms with Gasteiger partial charge in [0, 0.05) is 43.0 Å². The second kappa shape index (κ2) is 11.3. The van der Waals surface area contributed by atoms with Crippen LogP contribution in [0.1, 0.15) is 28.4 Å². The van der Waals surface area contributed by atoms with Crippen LogP contribution in [-0.2, 0) is 4.79 Å². The van der Waals surface area contributed by atoms with Gasteiger partial charge in [-0.2, -0.15) is 0 Å². The van der Waals surface area contributed by atoms with E-state index in [4.69, 9.17) is 11.6 Å². The molecule has 2 amide bonds. The molecule has 1 aliphatic rings. The summed E-state index contributed by atoms with van der Waals surface area (Å²) in [7, 11) is 0. The minimum atomic E-state index is -0.435. The fourth-order valence-corrected chi connectivity index (χ4v) is 4.89. The summed E-state index contributed by atoms with van der Waals surface area (Å²) in [6.07, 6.45) is 0. The Kier molecular flexibility index (Phi) is 8.11. The van der Waals surface area contributed by atoms with E-state index in [0.717, 1.165) is 16.8 Å². The van der Waals surface area contributed by atoms with Crippen molar-refractivity contribution in [3.05, 3.63) is 76.2 Å². The van der Waals surface area contributed by atoms with Crippen LogP contribution in [0, 0.1) is 19.7 Å². The van der Waals surface area contributed by atoms with Crippen molar-refractivity contribution in [2.75, 3.05) is 35.6 Å². The molecule has 1 N–H and O–H groups in total. The molecule has 0 bridgehead atoms. The Hall–Kier alpha value is -3.17. The van der Waals surface area contributed by atoms with Gasteiger partial charge in [0.15, 0.2) is 5.16 Å². The summed E-state index contributed by atoms with van der Waals surface area (Å²) in [6, 6.07) is 13.1. The maximum Gasteiger partial charge on any atom is 0.254 e. The van der Waals surface area contributed by atoms with Gasteiger partial charge >= 0.3 is 0 Å². The van der Waals surface area contributed by atoms with Crippen LogP contribution in [0.3, 0.4) is 0 Å². The number of rotatable bonds is 6. The van der Waals surface area contributed by atoms with Gasteiger partial charge in [-0.05, 0) is 62.2 Å². The van der Waals surface area contributed by atoms with Crippen molar-refractivity contribution in [1.29, 1.82) is 0 Å². The first-order valence-electron chi connectivity index (χ1n) is 11.6.